The highest BCUT2D eigenvalue weighted by atomic mass is 32.2. The monoisotopic (exact) mass is 688 g/mol. The molecule has 4 aliphatic rings. The smallest absolute Gasteiger partial charge is 0.410 e. The largest absolute Gasteiger partial charge is 0.444 e. The van der Waals surface area contributed by atoms with E-state index in [1.165, 1.54) is 9.80 Å². The Balaban J connectivity index is 1.40. The second kappa shape index (κ2) is 13.7. The maximum atomic E-state index is 14.2. The van der Waals surface area contributed by atoms with Gasteiger partial charge in [0.2, 0.25) is 11.8 Å². The first kappa shape index (κ1) is 35.1. The van der Waals surface area contributed by atoms with Crippen LogP contribution in [-0.4, -0.2) is 84.0 Å². The standard InChI is InChI=1S/C32H44N6O9S/c1-31(2,3)47-29(42)34-24-14-8-6-4-5-7-13-22-16-32(22,28(41)36-48(33,44)45)35-26(39)25-15-23(19-38(25)27(24)40)46-30(43)37-17-20-11-9-10-12-21(20)18-37/h7,9-13,22-25H,4-6,8,14-19H2,1-3H3,(H,34,42)(H,35,39)(H,36,41)(H2,33,44,45)/b13-7-/t22-,23+,24-,25-,32+/m0/s1. The maximum absolute atomic E-state index is 14.2. The van der Waals surface area contributed by atoms with E-state index in [1.807, 2.05) is 30.3 Å². The molecule has 0 bridgehead atoms. The zero-order chi connectivity index (χ0) is 34.9. The van der Waals surface area contributed by atoms with Crippen molar-refractivity contribution in [3.05, 3.63) is 47.5 Å². The number of nitrogens with one attached hydrogen (secondary N) is 3. The molecule has 3 aliphatic heterocycles. The molecule has 16 heteroatoms. The van der Waals surface area contributed by atoms with Crippen LogP contribution in [0.15, 0.2) is 36.4 Å². The normalized spacial score (nSPS) is 28.4. The van der Waals surface area contributed by atoms with Crippen LogP contribution in [0.2, 0.25) is 0 Å². The number of hydrogen-bond acceptors (Lipinski definition) is 9. The molecule has 1 aromatic rings. The summed E-state index contributed by atoms with van der Waals surface area (Å²) in [6, 6.07) is 5.38. The number of rotatable bonds is 4. The van der Waals surface area contributed by atoms with Crippen molar-refractivity contribution in [3.63, 3.8) is 0 Å². The van der Waals surface area contributed by atoms with Gasteiger partial charge in [0.15, 0.2) is 0 Å². The van der Waals surface area contributed by atoms with Gasteiger partial charge in [-0.1, -0.05) is 49.3 Å². The van der Waals surface area contributed by atoms with Gasteiger partial charge >= 0.3 is 12.2 Å². The van der Waals surface area contributed by atoms with Crippen LogP contribution < -0.4 is 20.5 Å². The average molecular weight is 689 g/mol. The minimum atomic E-state index is -4.43. The Labute approximate surface area is 280 Å². The third kappa shape index (κ3) is 8.45. The molecule has 0 aromatic heterocycles. The van der Waals surface area contributed by atoms with Crippen molar-refractivity contribution in [2.45, 2.75) is 108 Å². The number of benzene rings is 1. The highest BCUT2D eigenvalue weighted by Gasteiger charge is 2.61. The lowest BCUT2D eigenvalue weighted by atomic mass is 10.0. The maximum Gasteiger partial charge on any atom is 0.410 e. The molecule has 1 saturated carbocycles. The van der Waals surface area contributed by atoms with E-state index in [4.69, 9.17) is 14.6 Å². The fraction of sp³-hybridized carbons (Fsp3) is 0.594. The van der Waals surface area contributed by atoms with Crippen molar-refractivity contribution in [2.24, 2.45) is 11.1 Å². The number of carbonyl (C=O) groups is 5. The zero-order valence-electron chi connectivity index (χ0n) is 27.4. The lowest BCUT2D eigenvalue weighted by Crippen LogP contribution is -2.58. The summed E-state index contributed by atoms with van der Waals surface area (Å²) in [5.74, 6) is -2.81. The van der Waals surface area contributed by atoms with Crippen LogP contribution in [0.1, 0.15) is 76.8 Å². The van der Waals surface area contributed by atoms with Crippen molar-refractivity contribution in [1.82, 2.24) is 25.2 Å². The van der Waals surface area contributed by atoms with Gasteiger partial charge in [0.05, 0.1) is 6.54 Å². The quantitative estimate of drug-likeness (QED) is 0.339. The molecule has 5 atom stereocenters. The van der Waals surface area contributed by atoms with Gasteiger partial charge in [-0.2, -0.15) is 8.42 Å². The summed E-state index contributed by atoms with van der Waals surface area (Å²) in [6.45, 7) is 5.66. The molecule has 48 heavy (non-hydrogen) atoms. The van der Waals surface area contributed by atoms with Gasteiger partial charge in [-0.3, -0.25) is 19.3 Å². The Morgan fingerprint density at radius 2 is 1.75 bits per heavy atom. The van der Waals surface area contributed by atoms with E-state index in [0.29, 0.717) is 25.9 Å². The van der Waals surface area contributed by atoms with Crippen LogP contribution in [-0.2, 0) is 47.2 Å². The second-order valence-electron chi connectivity index (χ2n) is 13.9. The first-order valence-corrected chi connectivity index (χ1v) is 17.8. The van der Waals surface area contributed by atoms with E-state index in [1.54, 1.807) is 31.6 Å². The molecule has 0 unspecified atom stereocenters. The Morgan fingerprint density at radius 3 is 2.40 bits per heavy atom. The van der Waals surface area contributed by atoms with Crippen molar-refractivity contribution >= 4 is 40.1 Å². The topological polar surface area (TPSA) is 207 Å². The van der Waals surface area contributed by atoms with Crippen LogP contribution >= 0.6 is 0 Å². The van der Waals surface area contributed by atoms with E-state index in [-0.39, 0.29) is 25.8 Å². The number of allylic oxidation sites excluding steroid dienone is 1. The third-order valence-corrected chi connectivity index (χ3v) is 9.41. The van der Waals surface area contributed by atoms with E-state index in [9.17, 15) is 32.4 Å². The molecule has 0 radical (unpaired) electrons. The van der Waals surface area contributed by atoms with Crippen LogP contribution in [0.3, 0.4) is 0 Å². The van der Waals surface area contributed by atoms with Crippen molar-refractivity contribution in [2.75, 3.05) is 6.54 Å². The molecule has 5 amide bonds. The van der Waals surface area contributed by atoms with Crippen LogP contribution in [0.25, 0.3) is 0 Å². The van der Waals surface area contributed by atoms with Gasteiger partial charge in [0.25, 0.3) is 16.1 Å². The van der Waals surface area contributed by atoms with Gasteiger partial charge in [0, 0.05) is 25.4 Å². The highest BCUT2D eigenvalue weighted by molar-refractivity contribution is 7.87. The minimum absolute atomic E-state index is 0.0867. The molecule has 1 aromatic carbocycles. The number of hydrogen-bond donors (Lipinski definition) is 4. The zero-order valence-corrected chi connectivity index (χ0v) is 28.2. The molecule has 5 N–H and O–H groups in total. The summed E-state index contributed by atoms with van der Waals surface area (Å²) in [5, 5.41) is 10.4. The molecule has 262 valence electrons. The van der Waals surface area contributed by atoms with Crippen LogP contribution in [0, 0.1) is 5.92 Å². The van der Waals surface area contributed by atoms with E-state index < -0.39 is 75.4 Å². The van der Waals surface area contributed by atoms with Crippen LogP contribution in [0.5, 0.6) is 0 Å². The van der Waals surface area contributed by atoms with Crippen molar-refractivity contribution < 1.29 is 41.9 Å². The molecule has 2 fully saturated rings. The SMILES string of the molecule is CC(C)(C)OC(=O)N[C@H]1CCCCC/C=C\[C@H]2C[C@@]2(C(=O)NS(N)(=O)=O)NC(=O)[C@@H]2C[C@@H](OC(=O)N3Cc4ccccc4C3)CN2C1=O. The molecule has 15 nitrogen and oxygen atoms in total. The molecule has 1 saturated heterocycles. The molecule has 3 heterocycles. The number of alkyl carbamates (subject to hydrolysis) is 1. The van der Waals surface area contributed by atoms with Crippen molar-refractivity contribution in [1.29, 1.82) is 0 Å². The number of ether oxygens (including phenoxy) is 2. The van der Waals surface area contributed by atoms with Gasteiger partial charge in [-0.05, 0) is 57.6 Å². The first-order valence-electron chi connectivity index (χ1n) is 16.2. The van der Waals surface area contributed by atoms with E-state index >= 15 is 0 Å². The number of fused-ring (bicyclic) bond motifs is 3. The second-order valence-corrected chi connectivity index (χ2v) is 15.2. The fourth-order valence-corrected chi connectivity index (χ4v) is 6.96. The first-order chi connectivity index (χ1) is 22.5. The lowest BCUT2D eigenvalue weighted by Gasteiger charge is -2.30. The summed E-state index contributed by atoms with van der Waals surface area (Å²) in [5.41, 5.74) is -0.444. The Hall–Kier alpha value is -4.18. The number of amides is 5. The molecule has 5 rings (SSSR count). The highest BCUT2D eigenvalue weighted by Crippen LogP contribution is 2.45. The Morgan fingerprint density at radius 1 is 1.06 bits per heavy atom. The number of nitrogens with zero attached hydrogens (tertiary/aromatic N) is 2. The Kier molecular flexibility index (Phi) is 10.1. The number of carbonyl (C=O) groups excluding carboxylic acids is 5. The summed E-state index contributed by atoms with van der Waals surface area (Å²) in [4.78, 5) is 70.2. The summed E-state index contributed by atoms with van der Waals surface area (Å²) in [6.07, 6.45) is 4.38. The molecular formula is C32H44N6O9S. The predicted molar refractivity (Wildman–Crippen MR) is 172 cm³/mol. The van der Waals surface area contributed by atoms with E-state index in [2.05, 4.69) is 10.6 Å². The van der Waals surface area contributed by atoms with E-state index in [0.717, 1.165) is 24.0 Å². The Bertz CT molecular complexity index is 1570. The molecule has 0 spiro atoms. The summed E-state index contributed by atoms with van der Waals surface area (Å²) >= 11 is 0. The van der Waals surface area contributed by atoms with Gasteiger partial charge in [0.1, 0.15) is 29.3 Å². The van der Waals surface area contributed by atoms with Gasteiger partial charge < -0.3 is 25.0 Å². The van der Waals surface area contributed by atoms with Gasteiger partial charge in [-0.15, -0.1) is 0 Å². The summed E-state index contributed by atoms with van der Waals surface area (Å²) < 4.78 is 36.5. The average Bonchev–Trinajstić information content (AvgIpc) is 3.30. The number of nitrogens with two attached hydrogens (primary N) is 1. The van der Waals surface area contributed by atoms with Gasteiger partial charge in [-0.25, -0.2) is 19.5 Å². The fourth-order valence-electron chi connectivity index (χ4n) is 6.51. The van der Waals surface area contributed by atoms with Crippen LogP contribution in [0.4, 0.5) is 9.59 Å². The summed E-state index contributed by atoms with van der Waals surface area (Å²) in [7, 11) is -4.43. The lowest BCUT2D eigenvalue weighted by molar-refractivity contribution is -0.141. The predicted octanol–water partition coefficient (Wildman–Crippen LogP) is 1.72. The molecular weight excluding hydrogens is 644 g/mol. The molecule has 1 aliphatic carbocycles. The third-order valence-electron chi connectivity index (χ3n) is 8.94. The van der Waals surface area contributed by atoms with Crippen molar-refractivity contribution in [3.8, 4) is 0 Å². The minimum Gasteiger partial charge on any atom is -0.444 e.